The Hall–Kier alpha value is -0.340. The van der Waals surface area contributed by atoms with E-state index in [1.54, 1.807) is 6.92 Å². The Kier molecular flexibility index (Phi) is 6.07. The Morgan fingerprint density at radius 1 is 1.53 bits per heavy atom. The monoisotopic (exact) mass is 327 g/mol. The number of nitrogens with one attached hydrogen (secondary N) is 1. The average molecular weight is 328 g/mol. The van der Waals surface area contributed by atoms with Gasteiger partial charge in [0.15, 0.2) is 0 Å². The number of aliphatic hydroxyl groups excluding tert-OH is 1. The van der Waals surface area contributed by atoms with Gasteiger partial charge in [-0.2, -0.15) is 11.8 Å². The summed E-state index contributed by atoms with van der Waals surface area (Å²) in [5.74, 6) is -0.270. The maximum Gasteiger partial charge on any atom is 0.240 e. The second-order valence-corrected chi connectivity index (χ2v) is 7.02. The summed E-state index contributed by atoms with van der Waals surface area (Å²) in [5, 5.41) is 8.76. The summed E-state index contributed by atoms with van der Waals surface area (Å²) < 4.78 is 40.0. The van der Waals surface area contributed by atoms with Gasteiger partial charge < -0.3 is 5.11 Å². The van der Waals surface area contributed by atoms with E-state index in [1.807, 2.05) is 6.26 Å². The van der Waals surface area contributed by atoms with Crippen LogP contribution in [0.2, 0.25) is 5.02 Å². The highest BCUT2D eigenvalue weighted by atomic mass is 35.5. The number of benzene rings is 1. The van der Waals surface area contributed by atoms with Crippen molar-refractivity contribution in [2.24, 2.45) is 0 Å². The number of hydrogen-bond donors (Lipinski definition) is 2. The molecule has 0 heterocycles. The first-order chi connectivity index (χ1) is 8.81. The fraction of sp³-hybridized carbons (Fsp3) is 0.455. The van der Waals surface area contributed by atoms with Crippen molar-refractivity contribution in [2.45, 2.75) is 24.5 Å². The van der Waals surface area contributed by atoms with Crippen molar-refractivity contribution >= 4 is 33.4 Å². The lowest BCUT2D eigenvalue weighted by Gasteiger charge is -2.14. The third-order valence-corrected chi connectivity index (χ3v) is 5.16. The maximum absolute atomic E-state index is 13.5. The first kappa shape index (κ1) is 16.7. The molecule has 4 nitrogen and oxygen atoms in total. The highest BCUT2D eigenvalue weighted by Crippen LogP contribution is 2.24. The number of rotatable bonds is 6. The van der Waals surface area contributed by atoms with E-state index in [2.05, 4.69) is 4.72 Å². The fourth-order valence-electron chi connectivity index (χ4n) is 1.51. The average Bonchev–Trinajstić information content (AvgIpc) is 2.31. The molecule has 1 atom stereocenters. The number of sulfonamides is 1. The summed E-state index contributed by atoms with van der Waals surface area (Å²) in [6.45, 7) is 1.19. The minimum atomic E-state index is -3.83. The van der Waals surface area contributed by atoms with Gasteiger partial charge in [0.25, 0.3) is 0 Å². The van der Waals surface area contributed by atoms with Gasteiger partial charge in [0.1, 0.15) is 5.82 Å². The standard InChI is InChI=1S/C11H15ClFNO3S2/c1-7(6-18-2)14-19(16,17)9-3-8(5-15)11(12)10(13)4-9/h3-4,7,14-15H,5-6H2,1-2H3. The van der Waals surface area contributed by atoms with E-state index >= 15 is 0 Å². The Bertz CT molecular complexity index is 551. The predicted octanol–water partition coefficient (Wildman–Crippen LogP) is 2.00. The molecule has 0 bridgehead atoms. The summed E-state index contributed by atoms with van der Waals surface area (Å²) in [6, 6.07) is 1.73. The minimum Gasteiger partial charge on any atom is -0.392 e. The first-order valence-corrected chi connectivity index (χ1v) is 8.67. The van der Waals surface area contributed by atoms with Crippen molar-refractivity contribution < 1.29 is 17.9 Å². The van der Waals surface area contributed by atoms with E-state index in [4.69, 9.17) is 16.7 Å². The van der Waals surface area contributed by atoms with E-state index in [-0.39, 0.29) is 21.5 Å². The summed E-state index contributed by atoms with van der Waals surface area (Å²) >= 11 is 7.11. The lowest BCUT2D eigenvalue weighted by atomic mass is 10.2. The van der Waals surface area contributed by atoms with Crippen LogP contribution in [0.3, 0.4) is 0 Å². The van der Waals surface area contributed by atoms with Gasteiger partial charge in [-0.1, -0.05) is 11.6 Å². The smallest absolute Gasteiger partial charge is 0.240 e. The zero-order chi connectivity index (χ0) is 14.6. The van der Waals surface area contributed by atoms with Crippen molar-refractivity contribution in [3.63, 3.8) is 0 Å². The van der Waals surface area contributed by atoms with Crippen molar-refractivity contribution in [2.75, 3.05) is 12.0 Å². The number of halogens is 2. The Morgan fingerprint density at radius 2 is 2.16 bits per heavy atom. The molecule has 0 fully saturated rings. The molecule has 0 radical (unpaired) electrons. The van der Waals surface area contributed by atoms with Gasteiger partial charge in [-0.15, -0.1) is 0 Å². The molecule has 0 aliphatic rings. The Morgan fingerprint density at radius 3 is 2.68 bits per heavy atom. The molecule has 8 heteroatoms. The highest BCUT2D eigenvalue weighted by Gasteiger charge is 2.20. The number of aliphatic hydroxyl groups is 1. The summed E-state index contributed by atoms with van der Waals surface area (Å²) in [7, 11) is -3.83. The van der Waals surface area contributed by atoms with Crippen LogP contribution in [-0.4, -0.2) is 31.6 Å². The molecule has 0 aliphatic carbocycles. The molecular formula is C11H15ClFNO3S2. The zero-order valence-corrected chi connectivity index (χ0v) is 12.9. The second kappa shape index (κ2) is 6.90. The summed E-state index contributed by atoms with van der Waals surface area (Å²) in [4.78, 5) is -0.244. The molecule has 0 saturated heterocycles. The number of thioether (sulfide) groups is 1. The van der Waals surface area contributed by atoms with Crippen LogP contribution in [0.5, 0.6) is 0 Å². The predicted molar refractivity (Wildman–Crippen MR) is 75.5 cm³/mol. The molecule has 1 aromatic rings. The molecule has 19 heavy (non-hydrogen) atoms. The molecule has 108 valence electrons. The van der Waals surface area contributed by atoms with Crippen LogP contribution in [0.15, 0.2) is 17.0 Å². The van der Waals surface area contributed by atoms with Crippen LogP contribution in [-0.2, 0) is 16.6 Å². The van der Waals surface area contributed by atoms with Gasteiger partial charge >= 0.3 is 0 Å². The lowest BCUT2D eigenvalue weighted by molar-refractivity contribution is 0.281. The van der Waals surface area contributed by atoms with E-state index < -0.39 is 22.4 Å². The van der Waals surface area contributed by atoms with Crippen LogP contribution in [0.1, 0.15) is 12.5 Å². The summed E-state index contributed by atoms with van der Waals surface area (Å²) in [6.07, 6.45) is 1.86. The van der Waals surface area contributed by atoms with Gasteiger partial charge in [0, 0.05) is 17.4 Å². The molecular weight excluding hydrogens is 313 g/mol. The second-order valence-electron chi connectivity index (χ2n) is 4.01. The van der Waals surface area contributed by atoms with E-state index in [0.29, 0.717) is 5.75 Å². The molecule has 1 aromatic carbocycles. The van der Waals surface area contributed by atoms with Crippen LogP contribution in [0.25, 0.3) is 0 Å². The van der Waals surface area contributed by atoms with E-state index in [0.717, 1.165) is 6.07 Å². The minimum absolute atomic E-state index is 0.0413. The molecule has 0 amide bonds. The molecule has 0 spiro atoms. The Balaban J connectivity index is 3.11. The van der Waals surface area contributed by atoms with Crippen molar-refractivity contribution in [3.8, 4) is 0 Å². The van der Waals surface area contributed by atoms with Crippen molar-refractivity contribution in [1.29, 1.82) is 0 Å². The summed E-state index contributed by atoms with van der Waals surface area (Å²) in [5.41, 5.74) is 0.0413. The van der Waals surface area contributed by atoms with Crippen LogP contribution in [0.4, 0.5) is 4.39 Å². The molecule has 1 rings (SSSR count). The topological polar surface area (TPSA) is 66.4 Å². The lowest BCUT2D eigenvalue weighted by Crippen LogP contribution is -2.34. The van der Waals surface area contributed by atoms with Gasteiger partial charge in [0.2, 0.25) is 10.0 Å². The molecule has 2 N–H and O–H groups in total. The van der Waals surface area contributed by atoms with Gasteiger partial charge in [-0.3, -0.25) is 0 Å². The van der Waals surface area contributed by atoms with E-state index in [1.165, 1.54) is 17.8 Å². The third kappa shape index (κ3) is 4.32. The zero-order valence-electron chi connectivity index (χ0n) is 10.5. The first-order valence-electron chi connectivity index (χ1n) is 5.42. The number of hydrogen-bond acceptors (Lipinski definition) is 4. The quantitative estimate of drug-likeness (QED) is 0.838. The maximum atomic E-state index is 13.5. The molecule has 0 saturated carbocycles. The van der Waals surface area contributed by atoms with Gasteiger partial charge in [0.05, 0.1) is 16.5 Å². The highest BCUT2D eigenvalue weighted by molar-refractivity contribution is 7.98. The largest absolute Gasteiger partial charge is 0.392 e. The molecule has 0 aromatic heterocycles. The Labute approximate surface area is 121 Å². The van der Waals surface area contributed by atoms with Crippen molar-refractivity contribution in [1.82, 2.24) is 4.72 Å². The van der Waals surface area contributed by atoms with Crippen LogP contribution >= 0.6 is 23.4 Å². The van der Waals surface area contributed by atoms with Gasteiger partial charge in [-0.05, 0) is 25.3 Å². The van der Waals surface area contributed by atoms with Crippen LogP contribution < -0.4 is 4.72 Å². The normalized spacial score (nSPS) is 13.5. The van der Waals surface area contributed by atoms with Crippen LogP contribution in [0, 0.1) is 5.82 Å². The van der Waals surface area contributed by atoms with Crippen molar-refractivity contribution in [3.05, 3.63) is 28.5 Å². The van der Waals surface area contributed by atoms with Gasteiger partial charge in [-0.25, -0.2) is 17.5 Å². The SMILES string of the molecule is CSCC(C)NS(=O)(=O)c1cc(F)c(Cl)c(CO)c1. The molecule has 1 unspecified atom stereocenters. The fourth-order valence-corrected chi connectivity index (χ4v) is 3.67. The third-order valence-electron chi connectivity index (χ3n) is 2.33. The molecule has 0 aliphatic heterocycles. The van der Waals surface area contributed by atoms with E-state index in [9.17, 15) is 12.8 Å².